The first-order chi connectivity index (χ1) is 8.45. The van der Waals surface area contributed by atoms with Crippen LogP contribution in [0.3, 0.4) is 0 Å². The van der Waals surface area contributed by atoms with Gasteiger partial charge >= 0.3 is 0 Å². The second kappa shape index (κ2) is 4.76. The Morgan fingerprint density at radius 3 is 2.61 bits per heavy atom. The van der Waals surface area contributed by atoms with E-state index < -0.39 is 0 Å². The van der Waals surface area contributed by atoms with Gasteiger partial charge in [0, 0.05) is 30.2 Å². The van der Waals surface area contributed by atoms with Gasteiger partial charge in [-0.15, -0.1) is 0 Å². The van der Waals surface area contributed by atoms with Crippen LogP contribution in [-0.4, -0.2) is 17.5 Å². The van der Waals surface area contributed by atoms with Crippen molar-refractivity contribution in [1.29, 1.82) is 0 Å². The molecule has 18 heavy (non-hydrogen) atoms. The highest BCUT2D eigenvalue weighted by Crippen LogP contribution is 2.32. The maximum Gasteiger partial charge on any atom is 0.253 e. The van der Waals surface area contributed by atoms with E-state index in [1.807, 2.05) is 23.9 Å². The number of hydrogen-bond donors (Lipinski definition) is 1. The number of halogens is 1. The molecule has 1 amide bonds. The first-order valence-electron chi connectivity index (χ1n) is 5.96. The summed E-state index contributed by atoms with van der Waals surface area (Å²) in [7, 11) is 3.64. The summed E-state index contributed by atoms with van der Waals surface area (Å²) in [5.41, 5.74) is 3.10. The standard InChI is InChI=1S/C14H17BrN2O/c1-8(2)10-5-9(15)6-11-12(14(18)16-3)7-17(4)13(10)11/h5-8H,1-4H3,(H,16,18). The van der Waals surface area contributed by atoms with Gasteiger partial charge in [-0.1, -0.05) is 29.8 Å². The van der Waals surface area contributed by atoms with Crippen LogP contribution in [0, 0.1) is 0 Å². The van der Waals surface area contributed by atoms with Gasteiger partial charge in [0.15, 0.2) is 0 Å². The number of hydrogen-bond acceptors (Lipinski definition) is 1. The molecule has 2 rings (SSSR count). The Kier molecular flexibility index (Phi) is 3.48. The Hall–Kier alpha value is -1.29. The number of nitrogens with one attached hydrogen (secondary N) is 1. The average molecular weight is 309 g/mol. The molecule has 0 radical (unpaired) electrons. The minimum Gasteiger partial charge on any atom is -0.355 e. The molecule has 1 heterocycles. The number of aromatic nitrogens is 1. The summed E-state index contributed by atoms with van der Waals surface area (Å²) in [5.74, 6) is 0.365. The van der Waals surface area contributed by atoms with E-state index in [2.05, 4.69) is 41.2 Å². The predicted molar refractivity (Wildman–Crippen MR) is 78.1 cm³/mol. The number of nitrogens with zero attached hydrogens (tertiary/aromatic N) is 1. The molecular weight excluding hydrogens is 292 g/mol. The van der Waals surface area contributed by atoms with Crippen LogP contribution in [0.4, 0.5) is 0 Å². The van der Waals surface area contributed by atoms with Crippen LogP contribution >= 0.6 is 15.9 Å². The molecule has 1 N–H and O–H groups in total. The Labute approximate surface area is 115 Å². The van der Waals surface area contributed by atoms with Crippen LogP contribution in [0.2, 0.25) is 0 Å². The van der Waals surface area contributed by atoms with Gasteiger partial charge in [-0.2, -0.15) is 0 Å². The van der Waals surface area contributed by atoms with E-state index in [1.54, 1.807) is 7.05 Å². The fraction of sp³-hybridized carbons (Fsp3) is 0.357. The van der Waals surface area contributed by atoms with Gasteiger partial charge < -0.3 is 9.88 Å². The molecule has 0 aliphatic heterocycles. The zero-order chi connectivity index (χ0) is 13.4. The molecule has 0 fully saturated rings. The van der Waals surface area contributed by atoms with Crippen LogP contribution in [0.25, 0.3) is 10.9 Å². The number of carbonyl (C=O) groups is 1. The van der Waals surface area contributed by atoms with E-state index in [9.17, 15) is 4.79 Å². The van der Waals surface area contributed by atoms with Gasteiger partial charge in [0.05, 0.1) is 11.1 Å². The van der Waals surface area contributed by atoms with Crippen molar-refractivity contribution in [3.05, 3.63) is 33.9 Å². The van der Waals surface area contributed by atoms with Crippen molar-refractivity contribution in [3.63, 3.8) is 0 Å². The summed E-state index contributed by atoms with van der Waals surface area (Å²) in [5, 5.41) is 3.68. The lowest BCUT2D eigenvalue weighted by molar-refractivity contribution is 0.0964. The average Bonchev–Trinajstić information content (AvgIpc) is 2.64. The van der Waals surface area contributed by atoms with Crippen molar-refractivity contribution in [2.75, 3.05) is 7.05 Å². The van der Waals surface area contributed by atoms with E-state index in [4.69, 9.17) is 0 Å². The van der Waals surface area contributed by atoms with Crippen LogP contribution in [-0.2, 0) is 7.05 Å². The predicted octanol–water partition coefficient (Wildman–Crippen LogP) is 3.42. The fourth-order valence-corrected chi connectivity index (χ4v) is 2.78. The molecule has 2 aromatic rings. The summed E-state index contributed by atoms with van der Waals surface area (Å²) in [6, 6.07) is 4.13. The minimum absolute atomic E-state index is 0.0478. The maximum absolute atomic E-state index is 11.9. The monoisotopic (exact) mass is 308 g/mol. The molecular formula is C14H17BrN2O. The summed E-state index contributed by atoms with van der Waals surface area (Å²) < 4.78 is 3.04. The highest BCUT2D eigenvalue weighted by atomic mass is 79.9. The van der Waals surface area contributed by atoms with E-state index in [-0.39, 0.29) is 5.91 Å². The van der Waals surface area contributed by atoms with E-state index >= 15 is 0 Å². The topological polar surface area (TPSA) is 34.0 Å². The normalized spacial score (nSPS) is 11.2. The van der Waals surface area contributed by atoms with Crippen molar-refractivity contribution in [1.82, 2.24) is 9.88 Å². The number of fused-ring (bicyclic) bond motifs is 1. The molecule has 4 heteroatoms. The third-order valence-corrected chi connectivity index (χ3v) is 3.62. The highest BCUT2D eigenvalue weighted by Gasteiger charge is 2.17. The van der Waals surface area contributed by atoms with E-state index in [0.717, 1.165) is 20.9 Å². The molecule has 0 bridgehead atoms. The van der Waals surface area contributed by atoms with Crippen molar-refractivity contribution >= 4 is 32.7 Å². The highest BCUT2D eigenvalue weighted by molar-refractivity contribution is 9.10. The zero-order valence-electron chi connectivity index (χ0n) is 11.0. The third-order valence-electron chi connectivity index (χ3n) is 3.16. The smallest absolute Gasteiger partial charge is 0.253 e. The molecule has 0 saturated heterocycles. The van der Waals surface area contributed by atoms with Crippen LogP contribution in [0.15, 0.2) is 22.8 Å². The number of amides is 1. The second-order valence-corrected chi connectivity index (χ2v) is 5.69. The summed E-state index contributed by atoms with van der Waals surface area (Å²) in [4.78, 5) is 11.9. The first-order valence-corrected chi connectivity index (χ1v) is 6.75. The lowest BCUT2D eigenvalue weighted by atomic mass is 9.99. The van der Waals surface area contributed by atoms with Gasteiger partial charge in [-0.3, -0.25) is 4.79 Å². The van der Waals surface area contributed by atoms with Crippen LogP contribution < -0.4 is 5.32 Å². The Morgan fingerprint density at radius 2 is 2.06 bits per heavy atom. The van der Waals surface area contributed by atoms with Gasteiger partial charge in [-0.05, 0) is 23.6 Å². The number of aryl methyl sites for hydroxylation is 1. The van der Waals surface area contributed by atoms with Crippen molar-refractivity contribution in [3.8, 4) is 0 Å². The lowest BCUT2D eigenvalue weighted by Crippen LogP contribution is -2.17. The van der Waals surface area contributed by atoms with E-state index in [1.165, 1.54) is 5.56 Å². The Balaban J connectivity index is 2.83. The number of rotatable bonds is 2. The van der Waals surface area contributed by atoms with Gasteiger partial charge in [0.2, 0.25) is 0 Å². The molecule has 0 atom stereocenters. The van der Waals surface area contributed by atoms with Crippen molar-refractivity contribution in [2.24, 2.45) is 7.05 Å². The van der Waals surface area contributed by atoms with Crippen molar-refractivity contribution in [2.45, 2.75) is 19.8 Å². The third kappa shape index (κ3) is 2.05. The molecule has 1 aromatic heterocycles. The number of benzene rings is 1. The van der Waals surface area contributed by atoms with Gasteiger partial charge in [0.25, 0.3) is 5.91 Å². The summed E-state index contributed by atoms with van der Waals surface area (Å²) >= 11 is 3.53. The second-order valence-electron chi connectivity index (χ2n) is 4.78. The van der Waals surface area contributed by atoms with Crippen LogP contribution in [0.1, 0.15) is 35.7 Å². The molecule has 0 unspecified atom stereocenters. The molecule has 96 valence electrons. The molecule has 0 aliphatic rings. The van der Waals surface area contributed by atoms with Gasteiger partial charge in [0.1, 0.15) is 0 Å². The minimum atomic E-state index is -0.0478. The SMILES string of the molecule is CNC(=O)c1cn(C)c2c(C(C)C)cc(Br)cc12. The Morgan fingerprint density at radius 1 is 1.39 bits per heavy atom. The quantitative estimate of drug-likeness (QED) is 0.906. The number of carbonyl (C=O) groups excluding carboxylic acids is 1. The Bertz CT molecular complexity index is 614. The van der Waals surface area contributed by atoms with Gasteiger partial charge in [-0.25, -0.2) is 0 Å². The largest absolute Gasteiger partial charge is 0.355 e. The summed E-state index contributed by atoms with van der Waals surface area (Å²) in [6.07, 6.45) is 1.89. The summed E-state index contributed by atoms with van der Waals surface area (Å²) in [6.45, 7) is 4.32. The van der Waals surface area contributed by atoms with Crippen LogP contribution in [0.5, 0.6) is 0 Å². The molecule has 0 aliphatic carbocycles. The zero-order valence-corrected chi connectivity index (χ0v) is 12.6. The van der Waals surface area contributed by atoms with Crippen molar-refractivity contribution < 1.29 is 4.79 Å². The lowest BCUT2D eigenvalue weighted by Gasteiger charge is -2.10. The first kappa shape index (κ1) is 13.1. The maximum atomic E-state index is 11.9. The molecule has 0 spiro atoms. The molecule has 0 saturated carbocycles. The molecule has 3 nitrogen and oxygen atoms in total. The fourth-order valence-electron chi connectivity index (χ4n) is 2.30. The van der Waals surface area contributed by atoms with E-state index in [0.29, 0.717) is 5.92 Å². The molecule has 1 aromatic carbocycles.